The Morgan fingerprint density at radius 1 is 1.27 bits per heavy atom. The molecular formula is C17H27BrN8O3S. The molecule has 0 atom stereocenters. The number of carbonyl (C=O) groups is 1. The number of anilines is 3. The molecule has 1 fully saturated rings. The minimum absolute atomic E-state index is 0.0617. The molecule has 166 valence electrons. The van der Waals surface area contributed by atoms with Crippen LogP contribution in [0.5, 0.6) is 0 Å². The quantitative estimate of drug-likeness (QED) is 0.539. The fourth-order valence-corrected chi connectivity index (χ4v) is 4.15. The van der Waals surface area contributed by atoms with Crippen LogP contribution in [-0.4, -0.2) is 63.8 Å². The van der Waals surface area contributed by atoms with Gasteiger partial charge in [-0.25, -0.2) is 17.7 Å². The highest BCUT2D eigenvalue weighted by Crippen LogP contribution is 2.26. The first-order valence-electron chi connectivity index (χ1n) is 9.48. The molecule has 4 N–H and O–H groups in total. The SMILES string of the molecule is CC.Cn1ncc(Nc2nc(NC3CCN(S(C)(=O)=O)CC3)ncc2Br)c1C(N)=O. The van der Waals surface area contributed by atoms with E-state index in [0.29, 0.717) is 47.9 Å². The van der Waals surface area contributed by atoms with Crippen LogP contribution in [0.4, 0.5) is 17.5 Å². The predicted octanol–water partition coefficient (Wildman–Crippen LogP) is 1.68. The van der Waals surface area contributed by atoms with Gasteiger partial charge < -0.3 is 16.4 Å². The van der Waals surface area contributed by atoms with Gasteiger partial charge in [0.15, 0.2) is 0 Å². The van der Waals surface area contributed by atoms with Crippen LogP contribution in [0, 0.1) is 0 Å². The van der Waals surface area contributed by atoms with Crippen LogP contribution < -0.4 is 16.4 Å². The average Bonchev–Trinajstić information content (AvgIpc) is 3.06. The lowest BCUT2D eigenvalue weighted by molar-refractivity contribution is 0.0992. The van der Waals surface area contributed by atoms with E-state index in [9.17, 15) is 13.2 Å². The average molecular weight is 503 g/mol. The molecule has 0 radical (unpaired) electrons. The summed E-state index contributed by atoms with van der Waals surface area (Å²) in [5.41, 5.74) is 6.07. The third kappa shape index (κ3) is 5.89. The van der Waals surface area contributed by atoms with Crippen LogP contribution in [-0.2, 0) is 17.1 Å². The number of nitrogens with zero attached hydrogens (tertiary/aromatic N) is 5. The number of aromatic nitrogens is 4. The van der Waals surface area contributed by atoms with Crippen molar-refractivity contribution in [2.45, 2.75) is 32.7 Å². The van der Waals surface area contributed by atoms with Crippen molar-refractivity contribution in [3.8, 4) is 0 Å². The molecule has 30 heavy (non-hydrogen) atoms. The number of hydrogen-bond donors (Lipinski definition) is 3. The number of halogens is 1. The summed E-state index contributed by atoms with van der Waals surface area (Å²) >= 11 is 3.38. The van der Waals surface area contributed by atoms with E-state index in [2.05, 4.69) is 41.6 Å². The van der Waals surface area contributed by atoms with E-state index in [1.165, 1.54) is 21.4 Å². The molecule has 1 saturated heterocycles. The molecule has 0 aliphatic carbocycles. The van der Waals surface area contributed by atoms with Crippen LogP contribution in [0.15, 0.2) is 16.9 Å². The van der Waals surface area contributed by atoms with Crippen LogP contribution in [0.3, 0.4) is 0 Å². The number of amides is 1. The molecule has 3 rings (SSSR count). The highest BCUT2D eigenvalue weighted by atomic mass is 79.9. The molecule has 0 unspecified atom stereocenters. The largest absolute Gasteiger partial charge is 0.364 e. The van der Waals surface area contributed by atoms with Crippen LogP contribution in [0.1, 0.15) is 37.2 Å². The van der Waals surface area contributed by atoms with E-state index in [0.717, 1.165) is 0 Å². The number of aryl methyl sites for hydroxylation is 1. The van der Waals surface area contributed by atoms with Gasteiger partial charge in [0.05, 0.1) is 22.6 Å². The van der Waals surface area contributed by atoms with Gasteiger partial charge in [0.2, 0.25) is 16.0 Å². The summed E-state index contributed by atoms with van der Waals surface area (Å²) in [5, 5.41) is 10.3. The molecule has 2 aromatic heterocycles. The first kappa shape index (κ1) is 24.0. The topological polar surface area (TPSA) is 148 Å². The molecule has 1 aliphatic rings. The monoisotopic (exact) mass is 502 g/mol. The Kier molecular flexibility index (Phi) is 8.15. The van der Waals surface area contributed by atoms with Gasteiger partial charge in [-0.3, -0.25) is 9.48 Å². The van der Waals surface area contributed by atoms with Crippen molar-refractivity contribution >= 4 is 49.3 Å². The van der Waals surface area contributed by atoms with Crippen molar-refractivity contribution in [1.82, 2.24) is 24.1 Å². The zero-order chi connectivity index (χ0) is 22.5. The highest BCUT2D eigenvalue weighted by molar-refractivity contribution is 9.10. The molecule has 13 heteroatoms. The molecule has 0 aromatic carbocycles. The first-order chi connectivity index (χ1) is 14.1. The zero-order valence-corrected chi connectivity index (χ0v) is 19.8. The lowest BCUT2D eigenvalue weighted by atomic mass is 10.1. The summed E-state index contributed by atoms with van der Waals surface area (Å²) in [6.45, 7) is 4.91. The Morgan fingerprint density at radius 3 is 2.47 bits per heavy atom. The predicted molar refractivity (Wildman–Crippen MR) is 119 cm³/mol. The van der Waals surface area contributed by atoms with Crippen LogP contribution in [0.2, 0.25) is 0 Å². The minimum atomic E-state index is -3.17. The standard InChI is InChI=1S/C15H21BrN8O3S.C2H6/c1-23-12(13(17)25)11(8-19-23)21-14-10(16)7-18-15(22-14)20-9-3-5-24(6-4-9)28(2,26)27;1-2/h7-9H,3-6H2,1-2H3,(H2,17,25)(H2,18,20,21,22);1-2H3. The molecule has 2 aromatic rings. The minimum Gasteiger partial charge on any atom is -0.364 e. The van der Waals surface area contributed by atoms with E-state index in [-0.39, 0.29) is 11.7 Å². The van der Waals surface area contributed by atoms with Gasteiger partial charge in [-0.05, 0) is 28.8 Å². The maximum Gasteiger partial charge on any atom is 0.269 e. The molecular weight excluding hydrogens is 476 g/mol. The molecule has 0 bridgehead atoms. The number of hydrogen-bond acceptors (Lipinski definition) is 8. The molecule has 1 aliphatic heterocycles. The van der Waals surface area contributed by atoms with E-state index in [4.69, 9.17) is 5.73 Å². The van der Waals surface area contributed by atoms with Gasteiger partial charge >= 0.3 is 0 Å². The van der Waals surface area contributed by atoms with Crippen LogP contribution in [0.25, 0.3) is 0 Å². The lowest BCUT2D eigenvalue weighted by Gasteiger charge is -2.30. The van der Waals surface area contributed by atoms with Crippen molar-refractivity contribution in [1.29, 1.82) is 0 Å². The zero-order valence-electron chi connectivity index (χ0n) is 17.4. The summed E-state index contributed by atoms with van der Waals surface area (Å²) in [4.78, 5) is 20.3. The summed E-state index contributed by atoms with van der Waals surface area (Å²) in [7, 11) is -1.54. The van der Waals surface area contributed by atoms with Gasteiger partial charge in [-0.1, -0.05) is 13.8 Å². The number of nitrogens with two attached hydrogens (primary N) is 1. The second-order valence-corrected chi connectivity index (χ2v) is 9.33. The number of nitrogens with one attached hydrogen (secondary N) is 2. The van der Waals surface area contributed by atoms with Gasteiger partial charge in [0.1, 0.15) is 11.5 Å². The molecule has 0 spiro atoms. The maximum atomic E-state index is 11.6. The maximum absolute atomic E-state index is 11.6. The summed E-state index contributed by atoms with van der Waals surface area (Å²) < 4.78 is 26.7. The Balaban J connectivity index is 0.00000155. The number of sulfonamides is 1. The van der Waals surface area contributed by atoms with E-state index < -0.39 is 15.9 Å². The third-order valence-electron chi connectivity index (χ3n) is 4.43. The fraction of sp³-hybridized carbons (Fsp3) is 0.529. The number of primary amides is 1. The Labute approximate surface area is 184 Å². The van der Waals surface area contributed by atoms with Crippen molar-refractivity contribution in [2.24, 2.45) is 12.8 Å². The van der Waals surface area contributed by atoms with Crippen LogP contribution >= 0.6 is 15.9 Å². The van der Waals surface area contributed by atoms with E-state index in [1.807, 2.05) is 13.8 Å². The lowest BCUT2D eigenvalue weighted by Crippen LogP contribution is -2.42. The second kappa shape index (κ2) is 10.2. The van der Waals surface area contributed by atoms with E-state index >= 15 is 0 Å². The van der Waals surface area contributed by atoms with Crippen molar-refractivity contribution < 1.29 is 13.2 Å². The van der Waals surface area contributed by atoms with Crippen molar-refractivity contribution in [2.75, 3.05) is 30.0 Å². The Morgan fingerprint density at radius 2 is 1.90 bits per heavy atom. The normalized spacial score (nSPS) is 15.2. The van der Waals surface area contributed by atoms with Gasteiger partial charge in [0, 0.05) is 32.4 Å². The highest BCUT2D eigenvalue weighted by Gasteiger charge is 2.25. The Hall–Kier alpha value is -2.25. The summed E-state index contributed by atoms with van der Waals surface area (Å²) in [5.74, 6) is 0.234. The first-order valence-corrected chi connectivity index (χ1v) is 12.1. The number of piperidine rings is 1. The third-order valence-corrected chi connectivity index (χ3v) is 6.31. The molecule has 0 saturated carbocycles. The van der Waals surface area contributed by atoms with E-state index in [1.54, 1.807) is 13.2 Å². The Bertz CT molecular complexity index is 987. The van der Waals surface area contributed by atoms with Gasteiger partial charge in [-0.15, -0.1) is 0 Å². The molecule has 3 heterocycles. The smallest absolute Gasteiger partial charge is 0.269 e. The fourth-order valence-electron chi connectivity index (χ4n) is 2.99. The second-order valence-electron chi connectivity index (χ2n) is 6.49. The molecule has 1 amide bonds. The van der Waals surface area contributed by atoms with Gasteiger partial charge in [-0.2, -0.15) is 10.1 Å². The van der Waals surface area contributed by atoms with Crippen molar-refractivity contribution in [3.63, 3.8) is 0 Å². The van der Waals surface area contributed by atoms with Crippen molar-refractivity contribution in [3.05, 3.63) is 22.6 Å². The summed E-state index contributed by atoms with van der Waals surface area (Å²) in [6.07, 6.45) is 5.61. The van der Waals surface area contributed by atoms with Gasteiger partial charge in [0.25, 0.3) is 5.91 Å². The summed E-state index contributed by atoms with van der Waals surface area (Å²) in [6, 6.07) is 0.0617. The molecule has 11 nitrogen and oxygen atoms in total. The number of carbonyl (C=O) groups excluding carboxylic acids is 1. The number of rotatable bonds is 6.